The lowest BCUT2D eigenvalue weighted by atomic mass is 9.81. The maximum Gasteiger partial charge on any atom is 0.223 e. The molecule has 1 saturated carbocycles. The van der Waals surface area contributed by atoms with Gasteiger partial charge in [0, 0.05) is 61.6 Å². The molecule has 2 unspecified atom stereocenters. The Morgan fingerprint density at radius 1 is 1.07 bits per heavy atom. The van der Waals surface area contributed by atoms with Crippen molar-refractivity contribution in [3.05, 3.63) is 64.6 Å². The maximum absolute atomic E-state index is 13.5. The molecule has 2 aliphatic carbocycles. The van der Waals surface area contributed by atoms with Crippen LogP contribution in [0.25, 0.3) is 27.5 Å². The molecule has 2 bridgehead atoms. The van der Waals surface area contributed by atoms with Crippen molar-refractivity contribution in [2.75, 3.05) is 18.4 Å². The minimum absolute atomic E-state index is 0.143. The zero-order valence-electron chi connectivity index (χ0n) is 25.9. The van der Waals surface area contributed by atoms with Gasteiger partial charge in [0.05, 0.1) is 44.9 Å². The Bertz CT molecular complexity index is 1790. The minimum Gasteiger partial charge on any atom is -0.372 e. The van der Waals surface area contributed by atoms with Gasteiger partial charge < -0.3 is 10.1 Å². The van der Waals surface area contributed by atoms with Gasteiger partial charge in [-0.2, -0.15) is 5.10 Å². The summed E-state index contributed by atoms with van der Waals surface area (Å²) in [5, 5.41) is 8.95. The number of carbonyl (C=O) groups is 2. The number of morpholine rings is 1. The first-order valence-electron chi connectivity index (χ1n) is 16.4. The average molecular weight is 657 g/mol. The number of thiazole rings is 1. The van der Waals surface area contributed by atoms with E-state index < -0.39 is 0 Å². The molecule has 2 aliphatic heterocycles. The smallest absolute Gasteiger partial charge is 0.223 e. The highest BCUT2D eigenvalue weighted by Gasteiger charge is 2.38. The molecule has 9 nitrogen and oxygen atoms in total. The molecule has 5 heterocycles. The van der Waals surface area contributed by atoms with E-state index >= 15 is 0 Å². The van der Waals surface area contributed by atoms with E-state index in [2.05, 4.69) is 15.2 Å². The summed E-state index contributed by atoms with van der Waals surface area (Å²) in [5.41, 5.74) is 6.05. The van der Waals surface area contributed by atoms with Gasteiger partial charge in [-0.05, 0) is 87.6 Å². The van der Waals surface area contributed by atoms with Crippen LogP contribution in [0.15, 0.2) is 42.7 Å². The van der Waals surface area contributed by atoms with Crippen LogP contribution in [0.1, 0.15) is 73.5 Å². The van der Waals surface area contributed by atoms with Gasteiger partial charge in [0.25, 0.3) is 0 Å². The number of anilines is 1. The summed E-state index contributed by atoms with van der Waals surface area (Å²) in [5.74, 6) is 0.392. The second-order valence-corrected chi connectivity index (χ2v) is 14.6. The number of benzene rings is 1. The van der Waals surface area contributed by atoms with E-state index in [1.165, 1.54) is 31.1 Å². The number of halogens is 1. The van der Waals surface area contributed by atoms with Crippen molar-refractivity contribution in [1.29, 1.82) is 0 Å². The Kier molecular flexibility index (Phi) is 8.00. The van der Waals surface area contributed by atoms with Gasteiger partial charge in [-0.3, -0.25) is 19.5 Å². The number of aryl methyl sites for hydroxylation is 1. The molecule has 1 amide bonds. The lowest BCUT2D eigenvalue weighted by Gasteiger charge is -2.41. The van der Waals surface area contributed by atoms with Gasteiger partial charge in [-0.25, -0.2) is 9.67 Å². The Balaban J connectivity index is 1.03. The van der Waals surface area contributed by atoms with Crippen molar-refractivity contribution in [3.8, 4) is 27.5 Å². The molecule has 1 aromatic carbocycles. The largest absolute Gasteiger partial charge is 0.372 e. The maximum atomic E-state index is 13.5. The molecule has 4 aromatic rings. The molecule has 0 radical (unpaired) electrons. The van der Waals surface area contributed by atoms with Crippen molar-refractivity contribution >= 4 is 39.8 Å². The Morgan fingerprint density at radius 3 is 2.59 bits per heavy atom. The topological polar surface area (TPSA) is 102 Å². The average Bonchev–Trinajstić information content (AvgIpc) is 3.75. The predicted molar refractivity (Wildman–Crippen MR) is 179 cm³/mol. The zero-order chi connectivity index (χ0) is 31.4. The molecule has 8 rings (SSSR count). The summed E-state index contributed by atoms with van der Waals surface area (Å²) in [6.45, 7) is 3.62. The number of fused-ring (bicyclic) bond motifs is 5. The van der Waals surface area contributed by atoms with Crippen LogP contribution in [0.3, 0.4) is 0 Å². The number of nitrogens with zero attached hydrogens (tertiary/aromatic N) is 5. The number of hydrogen-bond donors (Lipinski definition) is 1. The van der Waals surface area contributed by atoms with Gasteiger partial charge >= 0.3 is 0 Å². The minimum atomic E-state index is -0.156. The Labute approximate surface area is 277 Å². The highest BCUT2D eigenvalue weighted by Crippen LogP contribution is 2.45. The van der Waals surface area contributed by atoms with Crippen LogP contribution in [-0.2, 0) is 22.4 Å². The lowest BCUT2D eigenvalue weighted by Crippen LogP contribution is -2.49. The number of amides is 1. The third-order valence-corrected chi connectivity index (χ3v) is 11.4. The first kappa shape index (κ1) is 29.9. The number of hydrogen-bond acceptors (Lipinski definition) is 8. The molecule has 3 fully saturated rings. The molecule has 46 heavy (non-hydrogen) atoms. The number of ketones is 1. The van der Waals surface area contributed by atoms with Crippen molar-refractivity contribution in [3.63, 3.8) is 0 Å². The molecule has 3 aromatic heterocycles. The van der Waals surface area contributed by atoms with E-state index in [-0.39, 0.29) is 11.7 Å². The molecule has 11 heteroatoms. The summed E-state index contributed by atoms with van der Waals surface area (Å²) in [7, 11) is 0. The van der Waals surface area contributed by atoms with Crippen LogP contribution in [0.2, 0.25) is 5.02 Å². The molecule has 1 N–H and O–H groups in total. The third-order valence-electron chi connectivity index (χ3n) is 10.1. The van der Waals surface area contributed by atoms with Gasteiger partial charge in [-0.1, -0.05) is 22.9 Å². The van der Waals surface area contributed by atoms with Gasteiger partial charge in [0.15, 0.2) is 10.9 Å². The van der Waals surface area contributed by atoms with Crippen LogP contribution in [0, 0.1) is 5.92 Å². The molecule has 0 spiro atoms. The summed E-state index contributed by atoms with van der Waals surface area (Å²) in [4.78, 5) is 38.0. The molecule has 2 atom stereocenters. The van der Waals surface area contributed by atoms with Gasteiger partial charge in [0.2, 0.25) is 5.91 Å². The van der Waals surface area contributed by atoms with Crippen LogP contribution >= 0.6 is 22.9 Å². The Hall–Kier alpha value is -3.44. The summed E-state index contributed by atoms with van der Waals surface area (Å²) >= 11 is 8.42. The van der Waals surface area contributed by atoms with E-state index in [0.717, 1.165) is 84.7 Å². The van der Waals surface area contributed by atoms with E-state index in [9.17, 15) is 9.59 Å². The van der Waals surface area contributed by atoms with Crippen LogP contribution in [0.5, 0.6) is 0 Å². The highest BCUT2D eigenvalue weighted by atomic mass is 35.5. The number of ether oxygens (including phenoxy) is 1. The summed E-state index contributed by atoms with van der Waals surface area (Å²) in [6, 6.07) is 10.1. The fourth-order valence-electron chi connectivity index (χ4n) is 7.87. The number of Topliss-reactive ketones (excluding diaryl/α,β-unsaturated/α-hetero) is 1. The fraction of sp³-hybridized carbons (Fsp3) is 0.457. The van der Waals surface area contributed by atoms with E-state index in [0.29, 0.717) is 52.0 Å². The number of nitrogens with one attached hydrogen (secondary N) is 1. The Morgan fingerprint density at radius 2 is 1.87 bits per heavy atom. The quantitative estimate of drug-likeness (QED) is 0.219. The first-order valence-corrected chi connectivity index (χ1v) is 17.6. The van der Waals surface area contributed by atoms with Crippen molar-refractivity contribution in [2.24, 2.45) is 5.92 Å². The lowest BCUT2D eigenvalue weighted by molar-refractivity contribution is -0.114. The second kappa shape index (κ2) is 12.3. The zero-order valence-corrected chi connectivity index (χ0v) is 27.4. The summed E-state index contributed by atoms with van der Waals surface area (Å²) in [6.07, 6.45) is 13.3. The number of aromatic nitrogens is 4. The second-order valence-electron chi connectivity index (χ2n) is 13.2. The highest BCUT2D eigenvalue weighted by molar-refractivity contribution is 7.19. The van der Waals surface area contributed by atoms with E-state index in [4.69, 9.17) is 26.4 Å². The third kappa shape index (κ3) is 5.70. The number of rotatable bonds is 7. The number of carbonyl (C=O) groups excluding carboxylic acids is 2. The first-order chi connectivity index (χ1) is 22.4. The van der Waals surface area contributed by atoms with Crippen molar-refractivity contribution in [2.45, 2.75) is 83.0 Å². The monoisotopic (exact) mass is 656 g/mol. The van der Waals surface area contributed by atoms with E-state index in [1.807, 2.05) is 35.1 Å². The normalized spacial score (nSPS) is 24.0. The van der Waals surface area contributed by atoms with E-state index in [1.54, 1.807) is 12.3 Å². The number of pyridine rings is 1. The SMILES string of the molecule is CC(=O)Nc1nc2c(s1)-c1c(c(-c3cccnc3)nn1-c1ccc(C(=O)CC3CCC(N4CC5CCC(C4)O5)CC3)cc1Cl)CC2. The molecular formula is C35H37ClN6O3S. The fourth-order valence-corrected chi connectivity index (χ4v) is 9.25. The van der Waals surface area contributed by atoms with Crippen molar-refractivity contribution in [1.82, 2.24) is 24.6 Å². The summed E-state index contributed by atoms with van der Waals surface area (Å²) < 4.78 is 7.92. The number of likely N-dealkylation sites (tertiary alicyclic amines) is 1. The van der Waals surface area contributed by atoms with Crippen LogP contribution < -0.4 is 5.32 Å². The van der Waals surface area contributed by atoms with Crippen LogP contribution in [0.4, 0.5) is 5.13 Å². The van der Waals surface area contributed by atoms with Gasteiger partial charge in [0.1, 0.15) is 0 Å². The molecular weight excluding hydrogens is 620 g/mol. The van der Waals surface area contributed by atoms with Crippen LogP contribution in [-0.4, -0.2) is 67.7 Å². The van der Waals surface area contributed by atoms with Crippen molar-refractivity contribution < 1.29 is 14.3 Å². The molecule has 2 saturated heterocycles. The molecule has 238 valence electrons. The molecule has 4 aliphatic rings. The standard InChI is InChI=1S/C35H37ClN6O3S/c1-20(43)38-35-39-29-12-11-27-32(23-3-2-14-37-17-23)40-42(33(27)34(29)46-35)30-13-6-22(16-28(30)36)31(44)15-21-4-7-24(8-5-21)41-18-25-9-10-26(19-41)45-25/h2-3,6,13-14,16-17,21,24-26H,4-5,7-12,15,18-19H2,1H3,(H,38,39,43). The predicted octanol–water partition coefficient (Wildman–Crippen LogP) is 6.76. The van der Waals surface area contributed by atoms with Gasteiger partial charge in [-0.15, -0.1) is 0 Å².